The molecule has 134 valence electrons. The summed E-state index contributed by atoms with van der Waals surface area (Å²) in [5.74, 6) is -5.41. The van der Waals surface area contributed by atoms with Gasteiger partial charge in [-0.05, 0) is 36.2 Å². The molecule has 8 nitrogen and oxygen atoms in total. The molecule has 0 spiro atoms. The fourth-order valence-electron chi connectivity index (χ4n) is 3.21. The number of aliphatic carboxylic acids is 2. The van der Waals surface area contributed by atoms with E-state index in [-0.39, 0.29) is 29.6 Å². The summed E-state index contributed by atoms with van der Waals surface area (Å²) in [4.78, 5) is 48.7. The number of fused-ring (bicyclic) bond motifs is 1. The van der Waals surface area contributed by atoms with E-state index in [0.717, 1.165) is 0 Å². The Kier molecular flexibility index (Phi) is 6.13. The monoisotopic (exact) mass is 406 g/mol. The molecule has 3 heterocycles. The van der Waals surface area contributed by atoms with E-state index in [1.54, 1.807) is 24.6 Å². The quantitative estimate of drug-likeness (QED) is 0.292. The molecule has 2 aliphatic heterocycles. The average Bonchev–Trinajstić information content (AvgIpc) is 3.09. The van der Waals surface area contributed by atoms with Gasteiger partial charge in [0.15, 0.2) is 5.92 Å². The molecule has 11 heteroatoms. The van der Waals surface area contributed by atoms with Crippen molar-refractivity contribution >= 4 is 46.9 Å². The fraction of sp³-hybridized carbons (Fsp3) is 0.467. The van der Waals surface area contributed by atoms with Crippen molar-refractivity contribution in [3.8, 4) is 0 Å². The maximum atomic E-state index is 12.4. The summed E-state index contributed by atoms with van der Waals surface area (Å²) < 4.78 is -0.766. The number of hydrogen-bond acceptors (Lipinski definition) is 7. The summed E-state index contributed by atoms with van der Waals surface area (Å²) >= 11 is 2.52. The molecule has 2 aliphatic rings. The predicted molar refractivity (Wildman–Crippen MR) is 87.7 cm³/mol. The number of amides is 2. The van der Waals surface area contributed by atoms with Gasteiger partial charge in [-0.25, -0.2) is 0 Å². The van der Waals surface area contributed by atoms with Crippen LogP contribution in [0.15, 0.2) is 16.8 Å². The first-order valence-electron chi connectivity index (χ1n) is 7.41. The molecule has 1 aromatic heterocycles. The van der Waals surface area contributed by atoms with E-state index in [2.05, 4.69) is 5.32 Å². The Morgan fingerprint density at radius 1 is 1.38 bits per heavy atom. The van der Waals surface area contributed by atoms with Crippen LogP contribution in [-0.2, 0) is 19.2 Å². The third-order valence-electron chi connectivity index (χ3n) is 4.35. The number of thioether (sulfide) groups is 1. The molecular formula is C15H15N2NaO6S2. The SMILES string of the molecule is CC1(C)S[C@@H]2[C@H](NC(=O)[C@H](C(=O)O)c3ccsc3)C(=O)N2[C@H]1C(=O)[O-].[Na+]. The summed E-state index contributed by atoms with van der Waals surface area (Å²) in [6.45, 7) is 3.38. The minimum atomic E-state index is -1.41. The number of thiophene rings is 1. The minimum Gasteiger partial charge on any atom is -0.548 e. The number of hydrogen-bond donors (Lipinski definition) is 2. The zero-order valence-corrected chi connectivity index (χ0v) is 17.9. The van der Waals surface area contributed by atoms with Crippen LogP contribution in [0.25, 0.3) is 0 Å². The van der Waals surface area contributed by atoms with Crippen molar-refractivity contribution in [1.29, 1.82) is 0 Å². The smallest absolute Gasteiger partial charge is 0.548 e. The largest absolute Gasteiger partial charge is 1.00 e. The summed E-state index contributed by atoms with van der Waals surface area (Å²) in [5.41, 5.74) is 0.339. The minimum absolute atomic E-state index is 0. The van der Waals surface area contributed by atoms with Crippen molar-refractivity contribution in [2.75, 3.05) is 0 Å². The van der Waals surface area contributed by atoms with Crippen molar-refractivity contribution in [2.45, 2.75) is 42.0 Å². The van der Waals surface area contributed by atoms with Gasteiger partial charge in [0.25, 0.3) is 0 Å². The van der Waals surface area contributed by atoms with E-state index >= 15 is 0 Å². The van der Waals surface area contributed by atoms with Gasteiger partial charge in [0, 0.05) is 4.75 Å². The summed E-state index contributed by atoms with van der Waals surface area (Å²) in [6.07, 6.45) is 0. The van der Waals surface area contributed by atoms with Crippen molar-refractivity contribution in [3.05, 3.63) is 22.4 Å². The number of carbonyl (C=O) groups excluding carboxylic acids is 3. The number of rotatable bonds is 5. The van der Waals surface area contributed by atoms with E-state index in [4.69, 9.17) is 0 Å². The van der Waals surface area contributed by atoms with E-state index in [9.17, 15) is 29.4 Å². The third kappa shape index (κ3) is 3.40. The summed E-state index contributed by atoms with van der Waals surface area (Å²) in [7, 11) is 0. The van der Waals surface area contributed by atoms with E-state index < -0.39 is 51.9 Å². The van der Waals surface area contributed by atoms with Crippen LogP contribution in [0.2, 0.25) is 0 Å². The Morgan fingerprint density at radius 2 is 2.04 bits per heavy atom. The molecule has 0 bridgehead atoms. The maximum Gasteiger partial charge on any atom is 1.00 e. The predicted octanol–water partition coefficient (Wildman–Crippen LogP) is -3.78. The molecular weight excluding hydrogens is 391 g/mol. The Bertz CT molecular complexity index is 753. The molecule has 2 fully saturated rings. The number of carboxylic acids is 2. The number of nitrogens with zero attached hydrogens (tertiary/aromatic N) is 1. The molecule has 0 radical (unpaired) electrons. The Morgan fingerprint density at radius 3 is 2.54 bits per heavy atom. The zero-order valence-electron chi connectivity index (χ0n) is 14.3. The van der Waals surface area contributed by atoms with Gasteiger partial charge in [0.2, 0.25) is 11.8 Å². The second-order valence-electron chi connectivity index (χ2n) is 6.39. The van der Waals surface area contributed by atoms with E-state index in [1.807, 2.05) is 0 Å². The summed E-state index contributed by atoms with van der Waals surface area (Å²) in [6, 6.07) is -0.491. The van der Waals surface area contributed by atoms with Crippen molar-refractivity contribution in [2.24, 2.45) is 0 Å². The van der Waals surface area contributed by atoms with Gasteiger partial charge in [-0.2, -0.15) is 11.3 Å². The van der Waals surface area contributed by atoms with Gasteiger partial charge in [-0.15, -0.1) is 11.8 Å². The molecule has 2 N–H and O–H groups in total. The molecule has 4 atom stereocenters. The van der Waals surface area contributed by atoms with Crippen molar-refractivity contribution < 1.29 is 58.9 Å². The van der Waals surface area contributed by atoms with Crippen molar-refractivity contribution in [1.82, 2.24) is 10.2 Å². The molecule has 3 rings (SSSR count). The number of carbonyl (C=O) groups is 4. The Labute approximate surface area is 179 Å². The number of nitrogens with one attached hydrogen (secondary N) is 1. The standard InChI is InChI=1S/C15H16N2O6S2.Na/c1-15(2)9(14(22)23)17-11(19)8(12(17)25-15)16-10(18)7(13(20)21)6-3-4-24-5-6;/h3-5,7-9,12H,1-2H3,(H,16,18)(H,20,21)(H,22,23);/q;+1/p-1/t7-,8-,9+,12-;/m1./s1. The van der Waals surface area contributed by atoms with Crippen LogP contribution in [0.1, 0.15) is 25.3 Å². The molecule has 2 saturated heterocycles. The molecule has 26 heavy (non-hydrogen) atoms. The first kappa shape index (κ1) is 21.2. The van der Waals surface area contributed by atoms with Gasteiger partial charge in [-0.3, -0.25) is 14.4 Å². The topological polar surface area (TPSA) is 127 Å². The van der Waals surface area contributed by atoms with Crippen LogP contribution in [0, 0.1) is 0 Å². The third-order valence-corrected chi connectivity index (χ3v) is 6.62. The normalized spacial score (nSPS) is 26.9. The van der Waals surface area contributed by atoms with Gasteiger partial charge in [-0.1, -0.05) is 0 Å². The maximum absolute atomic E-state index is 12.4. The first-order valence-corrected chi connectivity index (χ1v) is 9.23. The second-order valence-corrected chi connectivity index (χ2v) is 8.94. The van der Waals surface area contributed by atoms with Gasteiger partial charge in [0.1, 0.15) is 11.4 Å². The number of β-lactam (4-membered cyclic amide) rings is 1. The van der Waals surface area contributed by atoms with Crippen LogP contribution >= 0.6 is 23.1 Å². The van der Waals surface area contributed by atoms with Crippen LogP contribution < -0.4 is 40.0 Å². The Hall–Kier alpha value is -1.07. The average molecular weight is 406 g/mol. The van der Waals surface area contributed by atoms with Crippen molar-refractivity contribution in [3.63, 3.8) is 0 Å². The van der Waals surface area contributed by atoms with E-state index in [1.165, 1.54) is 34.1 Å². The van der Waals surface area contributed by atoms with E-state index in [0.29, 0.717) is 5.56 Å². The van der Waals surface area contributed by atoms with Gasteiger partial charge < -0.3 is 25.2 Å². The van der Waals surface area contributed by atoms with Gasteiger partial charge >= 0.3 is 35.5 Å². The summed E-state index contributed by atoms with van der Waals surface area (Å²) in [5, 5.41) is 25.8. The fourth-order valence-corrected chi connectivity index (χ4v) is 5.52. The first-order chi connectivity index (χ1) is 11.6. The molecule has 2 amide bonds. The van der Waals surface area contributed by atoms with Crippen LogP contribution in [0.3, 0.4) is 0 Å². The molecule has 0 aromatic carbocycles. The molecule has 1 aromatic rings. The molecule has 0 unspecified atom stereocenters. The zero-order chi connectivity index (χ0) is 18.5. The Balaban J connectivity index is 0.00000243. The van der Waals surface area contributed by atoms with Crippen LogP contribution in [0.5, 0.6) is 0 Å². The number of carboxylic acid groups (broad SMARTS) is 2. The van der Waals surface area contributed by atoms with Crippen LogP contribution in [-0.4, -0.2) is 56.0 Å². The second kappa shape index (κ2) is 7.51. The molecule has 0 saturated carbocycles. The molecule has 0 aliphatic carbocycles. The van der Waals surface area contributed by atoms with Crippen LogP contribution in [0.4, 0.5) is 0 Å². The van der Waals surface area contributed by atoms with Gasteiger partial charge in [0.05, 0.1) is 12.0 Å².